The monoisotopic (exact) mass is 250 g/mol. The van der Waals surface area contributed by atoms with E-state index < -0.39 is 0 Å². The zero-order valence-corrected chi connectivity index (χ0v) is 11.6. The molecule has 0 saturated heterocycles. The van der Waals surface area contributed by atoms with Crippen LogP contribution in [0.25, 0.3) is 11.1 Å². The number of methoxy groups -OCH3 is 1. The Hall–Kier alpha value is -2.20. The molecule has 0 amide bonds. The van der Waals surface area contributed by atoms with E-state index in [4.69, 9.17) is 11.2 Å². The van der Waals surface area contributed by atoms with Crippen LogP contribution in [0.5, 0.6) is 5.75 Å². The third-order valence-corrected chi connectivity index (χ3v) is 3.20. The summed E-state index contributed by atoms with van der Waals surface area (Å²) in [5.74, 6) is 3.97. The van der Waals surface area contributed by atoms with Crippen molar-refractivity contribution >= 4 is 0 Å². The minimum atomic E-state index is 0.512. The van der Waals surface area contributed by atoms with Crippen molar-refractivity contribution in [1.82, 2.24) is 0 Å². The Morgan fingerprint density at radius 1 is 1.05 bits per heavy atom. The van der Waals surface area contributed by atoms with Gasteiger partial charge in [-0.3, -0.25) is 0 Å². The van der Waals surface area contributed by atoms with E-state index in [9.17, 15) is 0 Å². The standard InChI is InChI=1S/C18H18O/c1-5-14-9-17(12-18(10-14)19-4)16-8-6-7-15(11-16)13(2)3/h1,6-13H,2-4H3. The molecule has 2 aromatic rings. The van der Waals surface area contributed by atoms with Gasteiger partial charge >= 0.3 is 0 Å². The molecular formula is C18H18O. The summed E-state index contributed by atoms with van der Waals surface area (Å²) in [6.07, 6.45) is 5.49. The van der Waals surface area contributed by atoms with Gasteiger partial charge in [-0.2, -0.15) is 0 Å². The second kappa shape index (κ2) is 5.63. The van der Waals surface area contributed by atoms with Crippen LogP contribution in [0.3, 0.4) is 0 Å². The van der Waals surface area contributed by atoms with Crippen LogP contribution in [0, 0.1) is 12.3 Å². The summed E-state index contributed by atoms with van der Waals surface area (Å²) in [4.78, 5) is 0. The van der Waals surface area contributed by atoms with Gasteiger partial charge in [0.25, 0.3) is 0 Å². The predicted molar refractivity (Wildman–Crippen MR) is 80.5 cm³/mol. The maximum absolute atomic E-state index is 5.49. The van der Waals surface area contributed by atoms with Crippen LogP contribution in [0.2, 0.25) is 0 Å². The van der Waals surface area contributed by atoms with E-state index in [0.29, 0.717) is 5.92 Å². The fourth-order valence-electron chi connectivity index (χ4n) is 2.04. The average Bonchev–Trinajstić information content (AvgIpc) is 2.46. The first-order valence-electron chi connectivity index (χ1n) is 6.40. The molecule has 19 heavy (non-hydrogen) atoms. The van der Waals surface area contributed by atoms with Crippen molar-refractivity contribution in [2.75, 3.05) is 7.11 Å². The van der Waals surface area contributed by atoms with E-state index >= 15 is 0 Å². The molecule has 2 aromatic carbocycles. The highest BCUT2D eigenvalue weighted by Crippen LogP contribution is 2.28. The quantitative estimate of drug-likeness (QED) is 0.730. The van der Waals surface area contributed by atoms with Gasteiger partial charge in [-0.25, -0.2) is 0 Å². The van der Waals surface area contributed by atoms with Crippen LogP contribution in [0.15, 0.2) is 42.5 Å². The summed E-state index contributed by atoms with van der Waals surface area (Å²) in [6, 6.07) is 14.4. The number of terminal acetylenes is 1. The van der Waals surface area contributed by atoms with Crippen LogP contribution in [0.1, 0.15) is 30.9 Å². The van der Waals surface area contributed by atoms with Crippen LogP contribution in [0.4, 0.5) is 0 Å². The second-order valence-corrected chi connectivity index (χ2v) is 4.87. The minimum Gasteiger partial charge on any atom is -0.497 e. The molecule has 0 saturated carbocycles. The topological polar surface area (TPSA) is 9.23 Å². The molecule has 0 N–H and O–H groups in total. The zero-order chi connectivity index (χ0) is 13.8. The van der Waals surface area contributed by atoms with Crippen molar-refractivity contribution in [3.05, 3.63) is 53.6 Å². The third kappa shape index (κ3) is 2.98. The summed E-state index contributed by atoms with van der Waals surface area (Å²) < 4.78 is 5.30. The molecule has 96 valence electrons. The fourth-order valence-corrected chi connectivity index (χ4v) is 2.04. The summed E-state index contributed by atoms with van der Waals surface area (Å²) in [6.45, 7) is 4.38. The largest absolute Gasteiger partial charge is 0.497 e. The van der Waals surface area contributed by atoms with Gasteiger partial charge < -0.3 is 4.74 Å². The Labute approximate surface area is 115 Å². The molecule has 0 unspecified atom stereocenters. The molecular weight excluding hydrogens is 232 g/mol. The minimum absolute atomic E-state index is 0.512. The molecule has 0 fully saturated rings. The van der Waals surface area contributed by atoms with E-state index in [-0.39, 0.29) is 0 Å². The molecule has 0 atom stereocenters. The van der Waals surface area contributed by atoms with Gasteiger partial charge in [0.2, 0.25) is 0 Å². The predicted octanol–water partition coefficient (Wildman–Crippen LogP) is 4.47. The molecule has 1 heteroatoms. The van der Waals surface area contributed by atoms with Gasteiger partial charge in [-0.15, -0.1) is 6.42 Å². The first kappa shape index (κ1) is 13.2. The molecule has 0 aliphatic carbocycles. The lowest BCUT2D eigenvalue weighted by Gasteiger charge is -2.10. The van der Waals surface area contributed by atoms with Crippen molar-refractivity contribution in [1.29, 1.82) is 0 Å². The molecule has 1 nitrogen and oxygen atoms in total. The molecule has 0 spiro atoms. The van der Waals surface area contributed by atoms with Gasteiger partial charge in [0.1, 0.15) is 5.75 Å². The van der Waals surface area contributed by atoms with E-state index in [0.717, 1.165) is 16.9 Å². The van der Waals surface area contributed by atoms with Crippen molar-refractivity contribution in [3.8, 4) is 29.2 Å². The maximum Gasteiger partial charge on any atom is 0.120 e. The van der Waals surface area contributed by atoms with Crippen molar-refractivity contribution in [3.63, 3.8) is 0 Å². The normalized spacial score (nSPS) is 10.3. The molecule has 0 heterocycles. The SMILES string of the molecule is C#Cc1cc(OC)cc(-c2cccc(C(C)C)c2)c1. The molecule has 0 aliphatic rings. The summed E-state index contributed by atoms with van der Waals surface area (Å²) in [7, 11) is 1.66. The Morgan fingerprint density at radius 2 is 1.84 bits per heavy atom. The van der Waals surface area contributed by atoms with Crippen LogP contribution in [-0.2, 0) is 0 Å². The lowest BCUT2D eigenvalue weighted by molar-refractivity contribution is 0.415. The lowest BCUT2D eigenvalue weighted by Crippen LogP contribution is -1.90. The number of ether oxygens (including phenoxy) is 1. The van der Waals surface area contributed by atoms with Crippen LogP contribution >= 0.6 is 0 Å². The van der Waals surface area contributed by atoms with Crippen molar-refractivity contribution in [2.45, 2.75) is 19.8 Å². The Kier molecular flexibility index (Phi) is 3.92. The zero-order valence-electron chi connectivity index (χ0n) is 11.6. The van der Waals surface area contributed by atoms with Gasteiger partial charge in [0.15, 0.2) is 0 Å². The molecule has 0 bridgehead atoms. The Balaban J connectivity index is 2.52. The number of rotatable bonds is 3. The lowest BCUT2D eigenvalue weighted by atomic mass is 9.96. The first-order chi connectivity index (χ1) is 9.13. The van der Waals surface area contributed by atoms with Crippen LogP contribution in [-0.4, -0.2) is 7.11 Å². The first-order valence-corrected chi connectivity index (χ1v) is 6.40. The van der Waals surface area contributed by atoms with Gasteiger partial charge in [0.05, 0.1) is 7.11 Å². The highest BCUT2D eigenvalue weighted by molar-refractivity contribution is 5.68. The molecule has 2 rings (SSSR count). The van der Waals surface area contributed by atoms with E-state index in [1.54, 1.807) is 7.11 Å². The maximum atomic E-state index is 5.49. The van der Waals surface area contributed by atoms with E-state index in [1.165, 1.54) is 11.1 Å². The Morgan fingerprint density at radius 3 is 2.47 bits per heavy atom. The smallest absolute Gasteiger partial charge is 0.120 e. The van der Waals surface area contributed by atoms with Gasteiger partial charge in [-0.1, -0.05) is 44.0 Å². The second-order valence-electron chi connectivity index (χ2n) is 4.87. The fraction of sp³-hybridized carbons (Fsp3) is 0.222. The van der Waals surface area contributed by atoms with E-state index in [1.807, 2.05) is 18.2 Å². The van der Waals surface area contributed by atoms with Crippen molar-refractivity contribution < 1.29 is 4.74 Å². The Bertz CT molecular complexity index is 618. The summed E-state index contributed by atoms with van der Waals surface area (Å²) >= 11 is 0. The highest BCUT2D eigenvalue weighted by Gasteiger charge is 2.05. The average molecular weight is 250 g/mol. The van der Waals surface area contributed by atoms with Crippen LogP contribution < -0.4 is 4.74 Å². The summed E-state index contributed by atoms with van der Waals surface area (Å²) in [5.41, 5.74) is 4.42. The van der Waals surface area contributed by atoms with E-state index in [2.05, 4.69) is 44.0 Å². The molecule has 0 radical (unpaired) electrons. The van der Waals surface area contributed by atoms with Gasteiger partial charge in [0, 0.05) is 5.56 Å². The number of hydrogen-bond donors (Lipinski definition) is 0. The highest BCUT2D eigenvalue weighted by atomic mass is 16.5. The third-order valence-electron chi connectivity index (χ3n) is 3.20. The molecule has 0 aromatic heterocycles. The summed E-state index contributed by atoms with van der Waals surface area (Å²) in [5, 5.41) is 0. The van der Waals surface area contributed by atoms with Crippen molar-refractivity contribution in [2.24, 2.45) is 0 Å². The molecule has 0 aliphatic heterocycles. The van der Waals surface area contributed by atoms with Gasteiger partial charge in [-0.05, 0) is 40.8 Å². The number of benzene rings is 2. The number of hydrogen-bond acceptors (Lipinski definition) is 1.